The lowest BCUT2D eigenvalue weighted by molar-refractivity contribution is -0.128. The molecule has 0 aromatic carbocycles. The molecule has 1 amide bonds. The summed E-state index contributed by atoms with van der Waals surface area (Å²) in [4.78, 5) is 15.2. The zero-order valence-corrected chi connectivity index (χ0v) is 11.7. The van der Waals surface area contributed by atoms with Crippen molar-refractivity contribution in [3.8, 4) is 0 Å². The Bertz CT molecular complexity index is 340. The van der Waals surface area contributed by atoms with Crippen LogP contribution in [-0.4, -0.2) is 93.8 Å². The number of β-amino-alcohol motifs (C(OH)–C–C–N with tert-alkyl or cyclic N) is 1. The van der Waals surface area contributed by atoms with Crippen LogP contribution in [0.2, 0.25) is 0 Å². The first-order valence-corrected chi connectivity index (χ1v) is 7.05. The molecule has 2 rings (SSSR count). The Labute approximate surface area is 118 Å². The summed E-state index contributed by atoms with van der Waals surface area (Å²) < 4.78 is 0. The fourth-order valence-corrected chi connectivity index (χ4v) is 3.23. The summed E-state index contributed by atoms with van der Waals surface area (Å²) >= 11 is 0. The van der Waals surface area contributed by atoms with Gasteiger partial charge in [0.15, 0.2) is 0 Å². The molecule has 2 saturated heterocycles. The molecule has 0 saturated carbocycles. The number of rotatable bonds is 5. The van der Waals surface area contributed by atoms with E-state index in [2.05, 4.69) is 0 Å². The smallest absolute Gasteiger partial charge is 0.219 e. The van der Waals surface area contributed by atoms with Crippen LogP contribution in [0.1, 0.15) is 6.92 Å². The SMILES string of the molecule is CC(=O)N1C[C@H]2CN(C[C@H](O)[C@H](O)[C@H](O)CO)C[C@H]2C1. The third-order valence-electron chi connectivity index (χ3n) is 4.43. The standard InChI is InChI=1S/C13H24N2O5/c1-8(17)15-4-9-2-14(3-10(9)5-15)6-11(18)13(20)12(19)7-16/h9-13,16,18-20H,2-7H2,1H3/t9-,10+,11-,12+,13-/m0/s1. The van der Waals surface area contributed by atoms with Crippen molar-refractivity contribution in [3.05, 3.63) is 0 Å². The minimum Gasteiger partial charge on any atom is -0.394 e. The van der Waals surface area contributed by atoms with E-state index < -0.39 is 24.9 Å². The molecule has 2 aliphatic rings. The maximum atomic E-state index is 11.3. The quantitative estimate of drug-likeness (QED) is 0.445. The van der Waals surface area contributed by atoms with E-state index in [9.17, 15) is 20.1 Å². The molecule has 2 aliphatic heterocycles. The summed E-state index contributed by atoms with van der Waals surface area (Å²) in [5.74, 6) is 0.949. The lowest BCUT2D eigenvalue weighted by Crippen LogP contribution is -2.46. The van der Waals surface area contributed by atoms with Crippen LogP contribution < -0.4 is 0 Å². The van der Waals surface area contributed by atoms with Crippen LogP contribution in [0.25, 0.3) is 0 Å². The van der Waals surface area contributed by atoms with Gasteiger partial charge in [-0.05, 0) is 11.8 Å². The Morgan fingerprint density at radius 2 is 1.65 bits per heavy atom. The van der Waals surface area contributed by atoms with E-state index in [0.717, 1.165) is 26.2 Å². The van der Waals surface area contributed by atoms with E-state index in [1.165, 1.54) is 0 Å². The number of nitrogens with zero attached hydrogens (tertiary/aromatic N) is 2. The van der Waals surface area contributed by atoms with Crippen molar-refractivity contribution in [2.45, 2.75) is 25.2 Å². The Hall–Kier alpha value is -0.730. The van der Waals surface area contributed by atoms with Crippen LogP contribution in [0.3, 0.4) is 0 Å². The Morgan fingerprint density at radius 3 is 2.10 bits per heavy atom. The minimum atomic E-state index is -1.34. The van der Waals surface area contributed by atoms with Gasteiger partial charge < -0.3 is 25.3 Å². The van der Waals surface area contributed by atoms with Crippen molar-refractivity contribution in [3.63, 3.8) is 0 Å². The first kappa shape index (κ1) is 15.7. The maximum absolute atomic E-state index is 11.3. The number of fused-ring (bicyclic) bond motifs is 1. The molecular formula is C13H24N2O5. The third kappa shape index (κ3) is 3.29. The molecule has 0 aromatic heterocycles. The molecule has 2 fully saturated rings. The molecule has 0 bridgehead atoms. The fraction of sp³-hybridized carbons (Fsp3) is 0.923. The van der Waals surface area contributed by atoms with E-state index in [-0.39, 0.29) is 12.5 Å². The summed E-state index contributed by atoms with van der Waals surface area (Å²) in [5, 5.41) is 37.5. The number of aliphatic hydroxyl groups excluding tert-OH is 4. The molecule has 7 heteroatoms. The van der Waals surface area contributed by atoms with Crippen LogP contribution in [-0.2, 0) is 4.79 Å². The van der Waals surface area contributed by atoms with Crippen molar-refractivity contribution in [1.29, 1.82) is 0 Å². The molecule has 0 radical (unpaired) electrons. The van der Waals surface area contributed by atoms with Gasteiger partial charge in [0, 0.05) is 39.6 Å². The molecule has 2 heterocycles. The second-order valence-corrected chi connectivity index (χ2v) is 5.97. The molecule has 7 nitrogen and oxygen atoms in total. The van der Waals surface area contributed by atoms with Gasteiger partial charge in [-0.3, -0.25) is 9.69 Å². The van der Waals surface area contributed by atoms with Gasteiger partial charge in [0.1, 0.15) is 12.2 Å². The summed E-state index contributed by atoms with van der Waals surface area (Å²) in [5.41, 5.74) is 0. The molecule has 4 N–H and O–H groups in total. The molecule has 20 heavy (non-hydrogen) atoms. The average molecular weight is 288 g/mol. The lowest BCUT2D eigenvalue weighted by Gasteiger charge is -2.27. The maximum Gasteiger partial charge on any atom is 0.219 e. The zero-order chi connectivity index (χ0) is 14.9. The van der Waals surface area contributed by atoms with E-state index in [1.807, 2.05) is 9.80 Å². The first-order chi connectivity index (χ1) is 9.42. The topological polar surface area (TPSA) is 104 Å². The predicted molar refractivity (Wildman–Crippen MR) is 70.8 cm³/mol. The summed E-state index contributed by atoms with van der Waals surface area (Å²) in [6, 6.07) is 0. The molecule has 5 atom stereocenters. The van der Waals surface area contributed by atoms with Crippen molar-refractivity contribution < 1.29 is 25.2 Å². The second-order valence-electron chi connectivity index (χ2n) is 5.97. The number of hydrogen-bond donors (Lipinski definition) is 4. The van der Waals surface area contributed by atoms with E-state index >= 15 is 0 Å². The molecular weight excluding hydrogens is 264 g/mol. The number of aliphatic hydroxyl groups is 4. The molecule has 0 unspecified atom stereocenters. The van der Waals surface area contributed by atoms with Crippen molar-refractivity contribution in [2.75, 3.05) is 39.3 Å². The number of hydrogen-bond acceptors (Lipinski definition) is 6. The van der Waals surface area contributed by atoms with Gasteiger partial charge in [0.05, 0.1) is 12.7 Å². The van der Waals surface area contributed by atoms with Crippen molar-refractivity contribution >= 4 is 5.91 Å². The predicted octanol–water partition coefficient (Wildman–Crippen LogP) is -2.53. The fourth-order valence-electron chi connectivity index (χ4n) is 3.23. The Kier molecular flexibility index (Phi) is 4.98. The Balaban J connectivity index is 1.80. The second kappa shape index (κ2) is 6.36. The molecule has 0 spiro atoms. The monoisotopic (exact) mass is 288 g/mol. The highest BCUT2D eigenvalue weighted by Crippen LogP contribution is 2.31. The van der Waals surface area contributed by atoms with Crippen molar-refractivity contribution in [2.24, 2.45) is 11.8 Å². The summed E-state index contributed by atoms with van der Waals surface area (Å²) in [7, 11) is 0. The summed E-state index contributed by atoms with van der Waals surface area (Å²) in [6.07, 6.45) is -3.74. The van der Waals surface area contributed by atoms with Gasteiger partial charge in [0.25, 0.3) is 0 Å². The average Bonchev–Trinajstić information content (AvgIpc) is 2.94. The van der Waals surface area contributed by atoms with Crippen LogP contribution in [0.15, 0.2) is 0 Å². The number of likely N-dealkylation sites (tertiary alicyclic amines) is 2. The van der Waals surface area contributed by atoms with Gasteiger partial charge in [-0.2, -0.15) is 0 Å². The highest BCUT2D eigenvalue weighted by atomic mass is 16.4. The van der Waals surface area contributed by atoms with E-state index in [1.54, 1.807) is 6.92 Å². The van der Waals surface area contributed by atoms with Crippen LogP contribution >= 0.6 is 0 Å². The zero-order valence-electron chi connectivity index (χ0n) is 11.7. The van der Waals surface area contributed by atoms with Gasteiger partial charge in [-0.1, -0.05) is 0 Å². The number of carbonyl (C=O) groups excluding carboxylic acids is 1. The van der Waals surface area contributed by atoms with Gasteiger partial charge >= 0.3 is 0 Å². The third-order valence-corrected chi connectivity index (χ3v) is 4.43. The molecule has 0 aliphatic carbocycles. The molecule has 0 aromatic rings. The van der Waals surface area contributed by atoms with Crippen LogP contribution in [0, 0.1) is 11.8 Å². The number of amides is 1. The number of carbonyl (C=O) groups is 1. The Morgan fingerprint density at radius 1 is 1.10 bits per heavy atom. The van der Waals surface area contributed by atoms with Gasteiger partial charge in [-0.15, -0.1) is 0 Å². The summed E-state index contributed by atoms with van der Waals surface area (Å²) in [6.45, 7) is 4.36. The highest BCUT2D eigenvalue weighted by Gasteiger charge is 2.41. The minimum absolute atomic E-state index is 0.104. The van der Waals surface area contributed by atoms with Gasteiger partial charge in [0.2, 0.25) is 5.91 Å². The normalized spacial score (nSPS) is 31.1. The van der Waals surface area contributed by atoms with Gasteiger partial charge in [-0.25, -0.2) is 0 Å². The molecule has 116 valence electrons. The highest BCUT2D eigenvalue weighted by molar-refractivity contribution is 5.73. The van der Waals surface area contributed by atoms with Crippen LogP contribution in [0.5, 0.6) is 0 Å². The van der Waals surface area contributed by atoms with Crippen LogP contribution in [0.4, 0.5) is 0 Å². The first-order valence-electron chi connectivity index (χ1n) is 7.05. The largest absolute Gasteiger partial charge is 0.394 e. The lowest BCUT2D eigenvalue weighted by atomic mass is 10.0. The van der Waals surface area contributed by atoms with E-state index in [0.29, 0.717) is 11.8 Å². The van der Waals surface area contributed by atoms with Crippen molar-refractivity contribution in [1.82, 2.24) is 9.80 Å². The van der Waals surface area contributed by atoms with E-state index in [4.69, 9.17) is 5.11 Å².